The van der Waals surface area contributed by atoms with Gasteiger partial charge >= 0.3 is 0 Å². The maximum Gasteiger partial charge on any atom is 0.231 e. The molecule has 1 heterocycles. The van der Waals surface area contributed by atoms with E-state index in [1.54, 1.807) is 4.90 Å². The second-order valence-electron chi connectivity index (χ2n) is 4.41. The van der Waals surface area contributed by atoms with E-state index in [1.807, 2.05) is 13.1 Å². The Labute approximate surface area is 107 Å². The van der Waals surface area contributed by atoms with Crippen molar-refractivity contribution in [1.29, 1.82) is 0 Å². The molecular formula is C13H17ClN2O. The van der Waals surface area contributed by atoms with E-state index >= 15 is 0 Å². The van der Waals surface area contributed by atoms with E-state index in [9.17, 15) is 4.79 Å². The zero-order valence-corrected chi connectivity index (χ0v) is 11.0. The number of rotatable bonds is 4. The lowest BCUT2D eigenvalue weighted by molar-refractivity contribution is -0.117. The van der Waals surface area contributed by atoms with Gasteiger partial charge in [-0.3, -0.25) is 4.79 Å². The molecule has 1 aromatic rings. The number of carbonyl (C=O) groups is 1. The quantitative estimate of drug-likeness (QED) is 0.768. The fourth-order valence-corrected chi connectivity index (χ4v) is 2.24. The molecule has 92 valence electrons. The molecule has 0 aromatic heterocycles. The molecule has 0 N–H and O–H groups in total. The Kier molecular flexibility index (Phi) is 3.57. The molecule has 0 aliphatic carbocycles. The van der Waals surface area contributed by atoms with Crippen molar-refractivity contribution < 1.29 is 4.79 Å². The van der Waals surface area contributed by atoms with Crippen LogP contribution in [0.2, 0.25) is 0 Å². The van der Waals surface area contributed by atoms with Crippen molar-refractivity contribution in [1.82, 2.24) is 0 Å². The maximum atomic E-state index is 11.6. The van der Waals surface area contributed by atoms with Crippen molar-refractivity contribution in [3.8, 4) is 0 Å². The van der Waals surface area contributed by atoms with Gasteiger partial charge in [-0.05, 0) is 30.2 Å². The fourth-order valence-electron chi connectivity index (χ4n) is 2.12. The number of hydrogen-bond donors (Lipinski definition) is 0. The number of nitrogens with zero attached hydrogens (tertiary/aromatic N) is 2. The lowest BCUT2D eigenvalue weighted by Gasteiger charge is -2.20. The molecular weight excluding hydrogens is 236 g/mol. The van der Waals surface area contributed by atoms with E-state index in [4.69, 9.17) is 11.6 Å². The largest absolute Gasteiger partial charge is 0.375 e. The van der Waals surface area contributed by atoms with Crippen molar-refractivity contribution in [2.75, 3.05) is 36.3 Å². The zero-order chi connectivity index (χ0) is 12.4. The molecule has 0 unspecified atom stereocenters. The normalized spacial score (nSPS) is 14.1. The zero-order valence-electron chi connectivity index (χ0n) is 10.2. The summed E-state index contributed by atoms with van der Waals surface area (Å²) in [6, 6.07) is 6.18. The Morgan fingerprint density at radius 1 is 1.47 bits per heavy atom. The molecule has 3 nitrogen and oxygen atoms in total. The van der Waals surface area contributed by atoms with Gasteiger partial charge in [-0.1, -0.05) is 0 Å². The Bertz CT molecular complexity index is 433. The first kappa shape index (κ1) is 12.2. The third-order valence-electron chi connectivity index (χ3n) is 3.21. The van der Waals surface area contributed by atoms with Gasteiger partial charge in [0.25, 0.3) is 0 Å². The summed E-state index contributed by atoms with van der Waals surface area (Å²) in [7, 11) is 3.87. The molecule has 0 fully saturated rings. The Morgan fingerprint density at radius 3 is 2.94 bits per heavy atom. The number of fused-ring (bicyclic) bond motifs is 1. The summed E-state index contributed by atoms with van der Waals surface area (Å²) in [6.07, 6.45) is 1.48. The molecule has 1 aliphatic heterocycles. The van der Waals surface area contributed by atoms with Crippen LogP contribution in [-0.2, 0) is 11.2 Å². The summed E-state index contributed by atoms with van der Waals surface area (Å²) in [4.78, 5) is 15.5. The van der Waals surface area contributed by atoms with Crippen LogP contribution >= 0.6 is 11.6 Å². The number of halogens is 1. The lowest BCUT2D eigenvalue weighted by Crippen LogP contribution is -2.20. The van der Waals surface area contributed by atoms with Crippen LogP contribution in [0.3, 0.4) is 0 Å². The van der Waals surface area contributed by atoms with E-state index in [1.165, 1.54) is 0 Å². The molecule has 1 aromatic carbocycles. The number of alkyl halides is 1. The molecule has 0 saturated carbocycles. The summed E-state index contributed by atoms with van der Waals surface area (Å²) in [5.41, 5.74) is 3.30. The first-order chi connectivity index (χ1) is 8.13. The highest BCUT2D eigenvalue weighted by Gasteiger charge is 2.24. The van der Waals surface area contributed by atoms with Gasteiger partial charge in [0.2, 0.25) is 5.91 Å². The highest BCUT2D eigenvalue weighted by atomic mass is 35.5. The van der Waals surface area contributed by atoms with Crippen LogP contribution in [0.4, 0.5) is 11.4 Å². The van der Waals surface area contributed by atoms with Crippen molar-refractivity contribution in [2.24, 2.45) is 0 Å². The molecule has 2 rings (SSSR count). The van der Waals surface area contributed by atoms with Crippen LogP contribution in [0.5, 0.6) is 0 Å². The molecule has 1 aliphatic rings. The van der Waals surface area contributed by atoms with Gasteiger partial charge < -0.3 is 9.80 Å². The summed E-state index contributed by atoms with van der Waals surface area (Å²) in [6.45, 7) is 0.937. The summed E-state index contributed by atoms with van der Waals surface area (Å²) in [5.74, 6) is 0.844. The van der Waals surface area contributed by atoms with Gasteiger partial charge in [-0.25, -0.2) is 0 Å². The van der Waals surface area contributed by atoms with Crippen molar-refractivity contribution >= 4 is 28.9 Å². The van der Waals surface area contributed by atoms with Crippen LogP contribution in [0, 0.1) is 0 Å². The van der Waals surface area contributed by atoms with Crippen molar-refractivity contribution in [3.63, 3.8) is 0 Å². The second kappa shape index (κ2) is 4.96. The van der Waals surface area contributed by atoms with Crippen molar-refractivity contribution in [3.05, 3.63) is 23.8 Å². The van der Waals surface area contributed by atoms with Gasteiger partial charge in [-0.15, -0.1) is 11.6 Å². The van der Waals surface area contributed by atoms with E-state index in [-0.39, 0.29) is 5.91 Å². The molecule has 0 saturated heterocycles. The first-order valence-electron chi connectivity index (χ1n) is 5.80. The molecule has 4 heteroatoms. The minimum Gasteiger partial charge on any atom is -0.375 e. The standard InChI is InChI=1S/C13H17ClN2O/c1-15(7-3-6-14)11-4-5-12-10(8-11)9-13(17)16(12)2/h4-5,8H,3,6-7,9H2,1-2H3. The van der Waals surface area contributed by atoms with E-state index < -0.39 is 0 Å². The van der Waals surface area contributed by atoms with Gasteiger partial charge in [0, 0.05) is 37.9 Å². The topological polar surface area (TPSA) is 23.6 Å². The minimum atomic E-state index is 0.167. The molecule has 17 heavy (non-hydrogen) atoms. The molecule has 1 amide bonds. The number of hydrogen-bond acceptors (Lipinski definition) is 2. The smallest absolute Gasteiger partial charge is 0.231 e. The van der Waals surface area contributed by atoms with Crippen LogP contribution < -0.4 is 9.80 Å². The second-order valence-corrected chi connectivity index (χ2v) is 4.78. The monoisotopic (exact) mass is 252 g/mol. The van der Waals surface area contributed by atoms with Crippen molar-refractivity contribution in [2.45, 2.75) is 12.8 Å². The summed E-state index contributed by atoms with van der Waals surface area (Å²) < 4.78 is 0. The number of benzene rings is 1. The Hall–Kier alpha value is -1.22. The van der Waals surface area contributed by atoms with E-state index in [2.05, 4.69) is 24.1 Å². The van der Waals surface area contributed by atoms with E-state index in [0.717, 1.165) is 29.9 Å². The van der Waals surface area contributed by atoms with Crippen LogP contribution in [0.25, 0.3) is 0 Å². The summed E-state index contributed by atoms with van der Waals surface area (Å²) >= 11 is 5.69. The van der Waals surface area contributed by atoms with Crippen LogP contribution in [0.1, 0.15) is 12.0 Å². The highest BCUT2D eigenvalue weighted by molar-refractivity contribution is 6.17. The fraction of sp³-hybridized carbons (Fsp3) is 0.462. The molecule has 0 atom stereocenters. The Morgan fingerprint density at radius 2 is 2.24 bits per heavy atom. The maximum absolute atomic E-state index is 11.6. The van der Waals surface area contributed by atoms with Gasteiger partial charge in [0.1, 0.15) is 0 Å². The minimum absolute atomic E-state index is 0.167. The Balaban J connectivity index is 2.18. The SMILES string of the molecule is CN(CCCCl)c1ccc2c(c1)CC(=O)N2C. The van der Waals surface area contributed by atoms with Crippen LogP contribution in [-0.4, -0.2) is 32.4 Å². The average Bonchev–Trinajstić information content (AvgIpc) is 2.61. The lowest BCUT2D eigenvalue weighted by atomic mass is 10.1. The number of anilines is 2. The predicted molar refractivity (Wildman–Crippen MR) is 72.2 cm³/mol. The molecule has 0 spiro atoms. The third kappa shape index (κ3) is 2.39. The average molecular weight is 253 g/mol. The third-order valence-corrected chi connectivity index (χ3v) is 3.48. The van der Waals surface area contributed by atoms with Gasteiger partial charge in [0.15, 0.2) is 0 Å². The van der Waals surface area contributed by atoms with Gasteiger partial charge in [-0.2, -0.15) is 0 Å². The van der Waals surface area contributed by atoms with E-state index in [0.29, 0.717) is 12.3 Å². The number of amides is 1. The summed E-state index contributed by atoms with van der Waals surface area (Å²) in [5, 5.41) is 0. The molecule has 0 radical (unpaired) electrons. The van der Waals surface area contributed by atoms with Crippen LogP contribution in [0.15, 0.2) is 18.2 Å². The van der Waals surface area contributed by atoms with Gasteiger partial charge in [0.05, 0.1) is 6.42 Å². The molecule has 0 bridgehead atoms. The number of carbonyl (C=O) groups excluding carboxylic acids is 1. The number of likely N-dealkylation sites (N-methyl/N-ethyl adjacent to an activating group) is 1. The highest BCUT2D eigenvalue weighted by Crippen LogP contribution is 2.30. The first-order valence-corrected chi connectivity index (χ1v) is 6.33. The predicted octanol–water partition coefficient (Wildman–Crippen LogP) is 2.27.